The van der Waals surface area contributed by atoms with Gasteiger partial charge in [-0.25, -0.2) is 0 Å². The molecular weight excluding hydrogens is 337 g/mol. The maximum atomic E-state index is 2.67. The molecule has 1 rings (SSSR count). The zero-order valence-corrected chi connectivity index (χ0v) is 17.7. The van der Waals surface area contributed by atoms with Crippen LogP contribution in [0.3, 0.4) is 0 Å². The second-order valence-corrected chi connectivity index (χ2v) is 30.5. The van der Waals surface area contributed by atoms with Gasteiger partial charge in [-0.15, -0.1) is 0 Å². The predicted octanol–water partition coefficient (Wildman–Crippen LogP) is 6.54. The molecule has 0 bridgehead atoms. The Bertz CT molecular complexity index is 177. The van der Waals surface area contributed by atoms with Crippen molar-refractivity contribution in [3.05, 3.63) is 0 Å². The first-order chi connectivity index (χ1) is 8.41. The van der Waals surface area contributed by atoms with E-state index in [1.54, 1.807) is 46.7 Å². The van der Waals surface area contributed by atoms with Crippen molar-refractivity contribution in [1.82, 2.24) is 0 Å². The van der Waals surface area contributed by atoms with Gasteiger partial charge in [0.2, 0.25) is 0 Å². The molecule has 0 unspecified atom stereocenters. The van der Waals surface area contributed by atoms with Crippen molar-refractivity contribution in [3.8, 4) is 0 Å². The van der Waals surface area contributed by atoms with Gasteiger partial charge in [0.25, 0.3) is 0 Å². The van der Waals surface area contributed by atoms with Gasteiger partial charge < -0.3 is 0 Å². The molecular formula is C16H36Ge2. The molecule has 0 spiro atoms. The zero-order valence-electron chi connectivity index (χ0n) is 13.5. The van der Waals surface area contributed by atoms with Gasteiger partial charge in [-0.3, -0.25) is 0 Å². The van der Waals surface area contributed by atoms with Crippen LogP contribution in [0.5, 0.6) is 0 Å². The monoisotopic (exact) mass is 376 g/mol. The molecule has 1 aliphatic heterocycles. The van der Waals surface area contributed by atoms with Gasteiger partial charge in [0.1, 0.15) is 0 Å². The van der Waals surface area contributed by atoms with Gasteiger partial charge in [-0.2, -0.15) is 0 Å². The van der Waals surface area contributed by atoms with Gasteiger partial charge in [-0.05, 0) is 0 Å². The molecule has 0 aromatic carbocycles. The number of hydrogen-bond donors (Lipinski definition) is 0. The van der Waals surface area contributed by atoms with Crippen LogP contribution < -0.4 is 0 Å². The van der Waals surface area contributed by atoms with Crippen LogP contribution in [0.15, 0.2) is 0 Å². The van der Waals surface area contributed by atoms with E-state index in [0.717, 1.165) is 0 Å². The van der Waals surface area contributed by atoms with E-state index in [1.807, 2.05) is 0 Å². The standard InChI is InChI=1S/C16H36Ge2/c1-17(2)13-9-5-7-11-15-18(3,4)16-12-8-6-10-14-17/h5-16H2,1-4H3. The Labute approximate surface area is 121 Å². The van der Waals surface area contributed by atoms with Crippen molar-refractivity contribution >= 4 is 26.5 Å². The van der Waals surface area contributed by atoms with Crippen LogP contribution >= 0.6 is 0 Å². The van der Waals surface area contributed by atoms with Gasteiger partial charge in [0, 0.05) is 0 Å². The summed E-state index contributed by atoms with van der Waals surface area (Å²) in [7, 11) is 0. The number of hydrogen-bond acceptors (Lipinski definition) is 0. The van der Waals surface area contributed by atoms with Crippen LogP contribution in [-0.2, 0) is 0 Å². The Morgan fingerprint density at radius 1 is 0.389 bits per heavy atom. The molecule has 108 valence electrons. The van der Waals surface area contributed by atoms with Gasteiger partial charge >= 0.3 is 122 Å². The second-order valence-electron chi connectivity index (χ2n) is 8.16. The van der Waals surface area contributed by atoms with Crippen LogP contribution in [0.4, 0.5) is 0 Å². The molecule has 1 saturated heterocycles. The summed E-state index contributed by atoms with van der Waals surface area (Å²) >= 11 is -2.62. The van der Waals surface area contributed by atoms with Crippen molar-refractivity contribution in [2.45, 2.75) is 95.4 Å². The summed E-state index contributed by atoms with van der Waals surface area (Å²) in [6, 6.07) is 0. The Morgan fingerprint density at radius 2 is 0.611 bits per heavy atom. The van der Waals surface area contributed by atoms with E-state index in [4.69, 9.17) is 0 Å². The third-order valence-electron chi connectivity index (χ3n) is 4.91. The molecule has 18 heavy (non-hydrogen) atoms. The molecule has 0 nitrogen and oxygen atoms in total. The van der Waals surface area contributed by atoms with Crippen LogP contribution in [0.1, 0.15) is 51.4 Å². The average Bonchev–Trinajstić information content (AvgIpc) is 2.27. The van der Waals surface area contributed by atoms with E-state index in [0.29, 0.717) is 0 Å². The molecule has 2 heteroatoms. The van der Waals surface area contributed by atoms with Crippen molar-refractivity contribution in [1.29, 1.82) is 0 Å². The fourth-order valence-corrected chi connectivity index (χ4v) is 14.6. The quantitative estimate of drug-likeness (QED) is 0.423. The summed E-state index contributed by atoms with van der Waals surface area (Å²) < 4.78 is 0. The third-order valence-corrected chi connectivity index (χ3v) is 19.2. The van der Waals surface area contributed by atoms with E-state index in [9.17, 15) is 0 Å². The van der Waals surface area contributed by atoms with Crippen molar-refractivity contribution in [2.24, 2.45) is 0 Å². The summed E-state index contributed by atoms with van der Waals surface area (Å²) in [5, 5.41) is 6.57. The minimum atomic E-state index is -1.31. The van der Waals surface area contributed by atoms with Gasteiger partial charge in [-0.1, -0.05) is 0 Å². The van der Waals surface area contributed by atoms with E-state index in [1.165, 1.54) is 25.7 Å². The number of rotatable bonds is 0. The van der Waals surface area contributed by atoms with Crippen molar-refractivity contribution < 1.29 is 0 Å². The topological polar surface area (TPSA) is 0 Å². The molecule has 1 heterocycles. The van der Waals surface area contributed by atoms with Crippen LogP contribution in [0, 0.1) is 0 Å². The van der Waals surface area contributed by atoms with Crippen LogP contribution in [0.2, 0.25) is 44.0 Å². The van der Waals surface area contributed by atoms with Gasteiger partial charge in [0.15, 0.2) is 0 Å². The molecule has 0 radical (unpaired) electrons. The molecule has 0 amide bonds. The molecule has 1 aliphatic rings. The summed E-state index contributed by atoms with van der Waals surface area (Å²) in [5.41, 5.74) is 0. The zero-order chi connectivity index (χ0) is 13.5. The molecule has 0 aliphatic carbocycles. The first-order valence-electron chi connectivity index (χ1n) is 8.41. The molecule has 0 aromatic heterocycles. The SMILES string of the molecule is [CH3][Ge]1([CH3])[CH2]CCCC[CH2][Ge]([CH3])([CH3])[CH2]CCCC[CH2]1. The van der Waals surface area contributed by atoms with Crippen LogP contribution in [-0.4, -0.2) is 26.5 Å². The van der Waals surface area contributed by atoms with E-state index in [-0.39, 0.29) is 0 Å². The average molecular weight is 374 g/mol. The van der Waals surface area contributed by atoms with E-state index < -0.39 is 26.5 Å². The summed E-state index contributed by atoms with van der Waals surface area (Å²) in [6.07, 6.45) is 12.4. The molecule has 0 aromatic rings. The Hall–Kier alpha value is 1.09. The fraction of sp³-hybridized carbons (Fsp3) is 1.00. The van der Waals surface area contributed by atoms with Gasteiger partial charge in [0.05, 0.1) is 0 Å². The van der Waals surface area contributed by atoms with E-state index in [2.05, 4.69) is 23.0 Å². The third kappa shape index (κ3) is 8.30. The van der Waals surface area contributed by atoms with Crippen LogP contribution in [0.25, 0.3) is 0 Å². The molecule has 1 fully saturated rings. The predicted molar refractivity (Wildman–Crippen MR) is 91.1 cm³/mol. The van der Waals surface area contributed by atoms with E-state index >= 15 is 0 Å². The summed E-state index contributed by atoms with van der Waals surface area (Å²) in [6.45, 7) is 0. The normalized spacial score (nSPS) is 27.3. The summed E-state index contributed by atoms with van der Waals surface area (Å²) in [4.78, 5) is 0. The molecule has 0 atom stereocenters. The first-order valence-corrected chi connectivity index (χ1v) is 22.7. The molecule has 0 saturated carbocycles. The first kappa shape index (κ1) is 17.1. The second kappa shape index (κ2) is 8.39. The minimum absolute atomic E-state index is 1.31. The Morgan fingerprint density at radius 3 is 0.833 bits per heavy atom. The Balaban J connectivity index is 2.36. The van der Waals surface area contributed by atoms with Crippen molar-refractivity contribution in [3.63, 3.8) is 0 Å². The summed E-state index contributed by atoms with van der Waals surface area (Å²) in [5.74, 6) is 10.7. The molecule has 0 N–H and O–H groups in total. The Kier molecular flexibility index (Phi) is 7.99. The van der Waals surface area contributed by atoms with Crippen molar-refractivity contribution in [2.75, 3.05) is 0 Å². The fourth-order valence-electron chi connectivity index (χ4n) is 3.37. The maximum absolute atomic E-state index is 2.67.